The molecular formula is C25H36N4OS. The standard InChI is InChI=1S/C25H36N4OS/c1-2-5-23(6-3-1)22-29(14-4-13-27-17-19-30-20-18-27)31-25-9-7-24(8-10-25)21-28-15-11-26-12-16-28/h1-3,5-10,26H,4,11-22H2. The van der Waals surface area contributed by atoms with E-state index < -0.39 is 0 Å². The van der Waals surface area contributed by atoms with Crippen LogP contribution >= 0.6 is 11.9 Å². The third kappa shape index (κ3) is 7.90. The van der Waals surface area contributed by atoms with E-state index in [0.29, 0.717) is 0 Å². The van der Waals surface area contributed by atoms with Gasteiger partial charge in [-0.05, 0) is 48.2 Å². The Kier molecular flexibility index (Phi) is 9.24. The van der Waals surface area contributed by atoms with Crippen molar-refractivity contribution in [3.05, 3.63) is 65.7 Å². The molecule has 0 radical (unpaired) electrons. The minimum Gasteiger partial charge on any atom is -0.379 e. The van der Waals surface area contributed by atoms with E-state index in [1.54, 1.807) is 0 Å². The summed E-state index contributed by atoms with van der Waals surface area (Å²) in [6.45, 7) is 12.6. The molecule has 0 spiro atoms. The van der Waals surface area contributed by atoms with E-state index in [0.717, 1.165) is 78.7 Å². The molecule has 2 aromatic rings. The largest absolute Gasteiger partial charge is 0.379 e. The molecular weight excluding hydrogens is 404 g/mol. The number of benzene rings is 2. The Morgan fingerprint density at radius 3 is 2.32 bits per heavy atom. The molecule has 2 aliphatic rings. The molecule has 5 nitrogen and oxygen atoms in total. The smallest absolute Gasteiger partial charge is 0.0594 e. The number of hydrogen-bond donors (Lipinski definition) is 1. The average Bonchev–Trinajstić information content (AvgIpc) is 2.82. The molecule has 4 rings (SSSR count). The highest BCUT2D eigenvalue weighted by molar-refractivity contribution is 7.97. The summed E-state index contributed by atoms with van der Waals surface area (Å²) < 4.78 is 8.00. The predicted molar refractivity (Wildman–Crippen MR) is 129 cm³/mol. The van der Waals surface area contributed by atoms with Gasteiger partial charge in [0.15, 0.2) is 0 Å². The normalized spacial score (nSPS) is 18.5. The number of morpholine rings is 1. The Morgan fingerprint density at radius 2 is 1.58 bits per heavy atom. The second-order valence-electron chi connectivity index (χ2n) is 8.42. The molecule has 2 heterocycles. The zero-order chi connectivity index (χ0) is 21.1. The van der Waals surface area contributed by atoms with Crippen LogP contribution in [-0.2, 0) is 17.8 Å². The Balaban J connectivity index is 1.31. The second-order valence-corrected chi connectivity index (χ2v) is 9.59. The Bertz CT molecular complexity index is 746. The third-order valence-corrected chi connectivity index (χ3v) is 7.01. The van der Waals surface area contributed by atoms with Crippen LogP contribution in [0.3, 0.4) is 0 Å². The van der Waals surface area contributed by atoms with Crippen molar-refractivity contribution in [3.63, 3.8) is 0 Å². The van der Waals surface area contributed by atoms with Gasteiger partial charge in [0.1, 0.15) is 0 Å². The first-order chi connectivity index (χ1) is 15.3. The second kappa shape index (κ2) is 12.6. The fourth-order valence-electron chi connectivity index (χ4n) is 4.17. The van der Waals surface area contributed by atoms with Gasteiger partial charge < -0.3 is 10.1 Å². The molecule has 2 fully saturated rings. The van der Waals surface area contributed by atoms with E-state index in [1.165, 1.54) is 22.4 Å². The van der Waals surface area contributed by atoms with E-state index in [4.69, 9.17) is 4.74 Å². The number of nitrogens with one attached hydrogen (secondary N) is 1. The van der Waals surface area contributed by atoms with Crippen LogP contribution in [0.15, 0.2) is 59.5 Å². The van der Waals surface area contributed by atoms with Gasteiger partial charge in [0, 0.05) is 63.8 Å². The van der Waals surface area contributed by atoms with Crippen LogP contribution < -0.4 is 5.32 Å². The number of nitrogens with zero attached hydrogens (tertiary/aromatic N) is 3. The minimum atomic E-state index is 0.878. The maximum absolute atomic E-state index is 5.48. The van der Waals surface area contributed by atoms with Crippen LogP contribution in [0.25, 0.3) is 0 Å². The molecule has 6 heteroatoms. The quantitative estimate of drug-likeness (QED) is 0.571. The lowest BCUT2D eigenvalue weighted by molar-refractivity contribution is 0.0369. The van der Waals surface area contributed by atoms with Gasteiger partial charge in [0.05, 0.1) is 13.2 Å². The SMILES string of the molecule is c1ccc(CN(CCCN2CCOCC2)Sc2ccc(CN3CCNCC3)cc2)cc1. The van der Waals surface area contributed by atoms with E-state index in [2.05, 4.69) is 74.0 Å². The maximum atomic E-state index is 5.48. The summed E-state index contributed by atoms with van der Waals surface area (Å²) >= 11 is 1.89. The summed E-state index contributed by atoms with van der Waals surface area (Å²) in [5, 5.41) is 3.43. The van der Waals surface area contributed by atoms with Crippen molar-refractivity contribution in [2.45, 2.75) is 24.4 Å². The van der Waals surface area contributed by atoms with Crippen molar-refractivity contribution in [1.82, 2.24) is 19.4 Å². The van der Waals surface area contributed by atoms with E-state index in [1.807, 2.05) is 11.9 Å². The van der Waals surface area contributed by atoms with E-state index in [9.17, 15) is 0 Å². The van der Waals surface area contributed by atoms with E-state index in [-0.39, 0.29) is 0 Å². The molecule has 0 atom stereocenters. The van der Waals surface area contributed by atoms with Gasteiger partial charge in [-0.1, -0.05) is 42.5 Å². The molecule has 0 aromatic heterocycles. The Labute approximate surface area is 191 Å². The minimum absolute atomic E-state index is 0.878. The van der Waals surface area contributed by atoms with Crippen molar-refractivity contribution in [2.24, 2.45) is 0 Å². The molecule has 0 unspecified atom stereocenters. The monoisotopic (exact) mass is 440 g/mol. The number of rotatable bonds is 10. The summed E-state index contributed by atoms with van der Waals surface area (Å²) in [4.78, 5) is 6.39. The van der Waals surface area contributed by atoms with Gasteiger partial charge in [0.2, 0.25) is 0 Å². The van der Waals surface area contributed by atoms with Gasteiger partial charge >= 0.3 is 0 Å². The molecule has 0 amide bonds. The summed E-state index contributed by atoms with van der Waals surface area (Å²) in [6.07, 6.45) is 1.18. The van der Waals surface area contributed by atoms with Crippen LogP contribution in [0.4, 0.5) is 0 Å². The highest BCUT2D eigenvalue weighted by atomic mass is 32.2. The zero-order valence-electron chi connectivity index (χ0n) is 18.5. The first-order valence-corrected chi connectivity index (χ1v) is 12.4. The molecule has 2 aliphatic heterocycles. The lowest BCUT2D eigenvalue weighted by Crippen LogP contribution is -2.42. The van der Waals surface area contributed by atoms with Crippen LogP contribution in [0.1, 0.15) is 17.5 Å². The lowest BCUT2D eigenvalue weighted by atomic mass is 10.2. The molecule has 0 saturated carbocycles. The van der Waals surface area contributed by atoms with Gasteiger partial charge in [-0.2, -0.15) is 0 Å². The zero-order valence-corrected chi connectivity index (χ0v) is 19.4. The number of piperazine rings is 1. The summed E-state index contributed by atoms with van der Waals surface area (Å²) in [6, 6.07) is 20.0. The van der Waals surface area contributed by atoms with Gasteiger partial charge in [0.25, 0.3) is 0 Å². The Morgan fingerprint density at radius 1 is 0.839 bits per heavy atom. The van der Waals surface area contributed by atoms with Crippen molar-refractivity contribution < 1.29 is 4.74 Å². The van der Waals surface area contributed by atoms with Crippen molar-refractivity contribution >= 4 is 11.9 Å². The van der Waals surface area contributed by atoms with Crippen LogP contribution in [-0.4, -0.2) is 79.7 Å². The first-order valence-electron chi connectivity index (χ1n) is 11.6. The molecule has 2 aromatic carbocycles. The molecule has 31 heavy (non-hydrogen) atoms. The predicted octanol–water partition coefficient (Wildman–Crippen LogP) is 3.32. The average molecular weight is 441 g/mol. The fraction of sp³-hybridized carbons (Fsp3) is 0.520. The molecule has 2 saturated heterocycles. The summed E-state index contributed by atoms with van der Waals surface area (Å²) in [5.74, 6) is 0. The summed E-state index contributed by atoms with van der Waals surface area (Å²) in [7, 11) is 0. The fourth-order valence-corrected chi connectivity index (χ4v) is 5.16. The van der Waals surface area contributed by atoms with E-state index >= 15 is 0 Å². The van der Waals surface area contributed by atoms with Gasteiger partial charge in [-0.25, -0.2) is 4.31 Å². The summed E-state index contributed by atoms with van der Waals surface area (Å²) in [5.41, 5.74) is 2.78. The number of hydrogen-bond acceptors (Lipinski definition) is 6. The van der Waals surface area contributed by atoms with Crippen molar-refractivity contribution in [2.75, 3.05) is 65.6 Å². The highest BCUT2D eigenvalue weighted by Crippen LogP contribution is 2.26. The van der Waals surface area contributed by atoms with Crippen LogP contribution in [0.2, 0.25) is 0 Å². The van der Waals surface area contributed by atoms with Crippen LogP contribution in [0.5, 0.6) is 0 Å². The number of ether oxygens (including phenoxy) is 1. The van der Waals surface area contributed by atoms with Gasteiger partial charge in [-0.15, -0.1) is 0 Å². The Hall–Kier alpha value is -1.41. The third-order valence-electron chi connectivity index (χ3n) is 5.96. The van der Waals surface area contributed by atoms with Gasteiger partial charge in [-0.3, -0.25) is 9.80 Å². The maximum Gasteiger partial charge on any atom is 0.0594 e. The molecule has 0 bridgehead atoms. The first kappa shape index (κ1) is 22.8. The lowest BCUT2D eigenvalue weighted by Gasteiger charge is -2.28. The topological polar surface area (TPSA) is 31.0 Å². The van der Waals surface area contributed by atoms with Crippen molar-refractivity contribution in [1.29, 1.82) is 0 Å². The molecule has 168 valence electrons. The van der Waals surface area contributed by atoms with Crippen LogP contribution in [0, 0.1) is 0 Å². The molecule has 1 N–H and O–H groups in total. The highest BCUT2D eigenvalue weighted by Gasteiger charge is 2.13. The molecule has 0 aliphatic carbocycles. The van der Waals surface area contributed by atoms with Crippen molar-refractivity contribution in [3.8, 4) is 0 Å².